The van der Waals surface area contributed by atoms with Crippen LogP contribution in [0.5, 0.6) is 17.2 Å². The van der Waals surface area contributed by atoms with E-state index in [1.807, 2.05) is 0 Å². The van der Waals surface area contributed by atoms with Crippen molar-refractivity contribution < 1.29 is 36.7 Å². The van der Waals surface area contributed by atoms with Crippen LogP contribution in [0.2, 0.25) is 0 Å². The van der Waals surface area contributed by atoms with Crippen LogP contribution in [0.15, 0.2) is 45.6 Å². The summed E-state index contributed by atoms with van der Waals surface area (Å²) >= 11 is 0. The van der Waals surface area contributed by atoms with Gasteiger partial charge in [-0.1, -0.05) is 0 Å². The van der Waals surface area contributed by atoms with Crippen LogP contribution in [0.3, 0.4) is 0 Å². The van der Waals surface area contributed by atoms with Gasteiger partial charge in [-0.25, -0.2) is 0 Å². The first-order valence-corrected chi connectivity index (χ1v) is 7.06. The minimum atomic E-state index is -5.15. The van der Waals surface area contributed by atoms with E-state index in [1.54, 1.807) is 0 Å². The summed E-state index contributed by atoms with van der Waals surface area (Å²) in [6.07, 6.45) is -5.15. The highest BCUT2D eigenvalue weighted by atomic mass is 19.4. The predicted molar refractivity (Wildman–Crippen MR) is 82.3 cm³/mol. The molecule has 0 bridgehead atoms. The molecule has 3 rings (SSSR count). The van der Waals surface area contributed by atoms with Crippen LogP contribution in [-0.4, -0.2) is 10.0 Å². The van der Waals surface area contributed by atoms with Crippen molar-refractivity contribution in [2.45, 2.75) is 6.18 Å². The van der Waals surface area contributed by atoms with E-state index in [1.165, 1.54) is 0 Å². The molecule has 0 aliphatic heterocycles. The number of fused-ring (bicyclic) bond motifs is 1. The molecule has 0 amide bonds. The quantitative estimate of drug-likeness (QED) is 0.408. The molecule has 7 nitrogen and oxygen atoms in total. The van der Waals surface area contributed by atoms with Crippen molar-refractivity contribution in [3.05, 3.63) is 68.3 Å². The molecule has 0 radical (unpaired) electrons. The van der Waals surface area contributed by atoms with Crippen molar-refractivity contribution in [1.29, 1.82) is 0 Å². The highest BCUT2D eigenvalue weighted by molar-refractivity contribution is 5.79. The second-order valence-corrected chi connectivity index (χ2v) is 5.24. The zero-order chi connectivity index (χ0) is 19.9. The average molecular weight is 385 g/mol. The van der Waals surface area contributed by atoms with Gasteiger partial charge in [0.25, 0.3) is 5.76 Å². The van der Waals surface area contributed by atoms with Gasteiger partial charge in [-0.2, -0.15) is 17.6 Å². The van der Waals surface area contributed by atoms with Crippen molar-refractivity contribution >= 4 is 16.7 Å². The Morgan fingerprint density at radius 1 is 1.15 bits per heavy atom. The number of nitrogens with zero attached hydrogens (tertiary/aromatic N) is 1. The van der Waals surface area contributed by atoms with Gasteiger partial charge in [0.2, 0.25) is 17.0 Å². The molecule has 0 spiro atoms. The monoisotopic (exact) mass is 385 g/mol. The number of phenolic OH excluding ortho intramolecular Hbond substituents is 1. The number of ether oxygens (including phenoxy) is 1. The van der Waals surface area contributed by atoms with Crippen LogP contribution in [0, 0.1) is 15.9 Å². The first-order chi connectivity index (χ1) is 12.6. The average Bonchev–Trinajstić information content (AvgIpc) is 2.57. The Labute approximate surface area is 146 Å². The molecule has 0 unspecified atom stereocenters. The van der Waals surface area contributed by atoms with Gasteiger partial charge in [0.05, 0.1) is 16.4 Å². The lowest BCUT2D eigenvalue weighted by molar-refractivity contribution is -0.387. The largest absolute Gasteiger partial charge is 0.508 e. The molecule has 0 saturated carbocycles. The smallest absolute Gasteiger partial charge is 0.453 e. The second kappa shape index (κ2) is 6.27. The predicted octanol–water partition coefficient (Wildman–Crippen LogP) is 4.36. The van der Waals surface area contributed by atoms with Crippen LogP contribution >= 0.6 is 0 Å². The van der Waals surface area contributed by atoms with Gasteiger partial charge in [0.15, 0.2) is 0 Å². The minimum absolute atomic E-state index is 0.326. The molecule has 140 valence electrons. The molecule has 0 fully saturated rings. The Kier molecular flexibility index (Phi) is 4.22. The van der Waals surface area contributed by atoms with Crippen molar-refractivity contribution in [3.8, 4) is 17.2 Å². The van der Waals surface area contributed by atoms with E-state index in [-0.39, 0.29) is 5.39 Å². The maximum absolute atomic E-state index is 13.4. The van der Waals surface area contributed by atoms with Crippen LogP contribution in [0.1, 0.15) is 5.76 Å². The lowest BCUT2D eigenvalue weighted by Crippen LogP contribution is -2.15. The topological polar surface area (TPSA) is 103 Å². The van der Waals surface area contributed by atoms with Gasteiger partial charge in [-0.05, 0) is 24.3 Å². The summed E-state index contributed by atoms with van der Waals surface area (Å²) in [5.74, 6) is -5.32. The lowest BCUT2D eigenvalue weighted by Gasteiger charge is -2.13. The molecule has 0 aliphatic carbocycles. The summed E-state index contributed by atoms with van der Waals surface area (Å²) in [6, 6.07) is 4.87. The summed E-state index contributed by atoms with van der Waals surface area (Å²) in [6.45, 7) is 0. The molecule has 1 N–H and O–H groups in total. The molecule has 1 heterocycles. The number of hydrogen-bond acceptors (Lipinski definition) is 6. The van der Waals surface area contributed by atoms with E-state index in [9.17, 15) is 37.6 Å². The van der Waals surface area contributed by atoms with Crippen LogP contribution < -0.4 is 10.2 Å². The Balaban J connectivity index is 2.23. The van der Waals surface area contributed by atoms with Crippen molar-refractivity contribution in [2.75, 3.05) is 0 Å². The summed E-state index contributed by atoms with van der Waals surface area (Å²) in [5, 5.41) is 19.8. The Morgan fingerprint density at radius 2 is 1.85 bits per heavy atom. The Morgan fingerprint density at radius 3 is 2.48 bits per heavy atom. The van der Waals surface area contributed by atoms with Gasteiger partial charge >= 0.3 is 11.9 Å². The van der Waals surface area contributed by atoms with E-state index in [0.29, 0.717) is 12.1 Å². The molecule has 2 aromatic carbocycles. The number of halogens is 4. The summed E-state index contributed by atoms with van der Waals surface area (Å²) < 4.78 is 62.8. The maximum Gasteiger partial charge on any atom is 0.453 e. The fourth-order valence-corrected chi connectivity index (χ4v) is 2.26. The van der Waals surface area contributed by atoms with Gasteiger partial charge in [-0.3, -0.25) is 14.9 Å². The Hall–Kier alpha value is -3.63. The SMILES string of the molecule is O=c1c(Oc2ccc(F)c([N+](=O)[O-])c2)c(C(F)(F)F)oc2cc(O)ccc12. The fraction of sp³-hybridized carbons (Fsp3) is 0.0625. The highest BCUT2D eigenvalue weighted by Crippen LogP contribution is 2.39. The number of nitro groups is 1. The normalized spacial score (nSPS) is 11.6. The molecule has 11 heteroatoms. The molecule has 0 saturated heterocycles. The Bertz CT molecular complexity index is 1120. The number of phenols is 1. The highest BCUT2D eigenvalue weighted by Gasteiger charge is 2.40. The number of benzene rings is 2. The first-order valence-electron chi connectivity index (χ1n) is 7.06. The molecular formula is C16H7F4NO6. The van der Waals surface area contributed by atoms with Crippen LogP contribution in [0.25, 0.3) is 11.0 Å². The lowest BCUT2D eigenvalue weighted by atomic mass is 10.2. The third kappa shape index (κ3) is 3.38. The van der Waals surface area contributed by atoms with E-state index in [2.05, 4.69) is 4.42 Å². The standard InChI is InChI=1S/C16H7F4NO6/c17-10-4-2-8(6-11(10)21(24)25)26-14-13(23)9-3-1-7(22)5-12(9)27-15(14)16(18,19)20/h1-6,22H. The zero-order valence-corrected chi connectivity index (χ0v) is 12.9. The molecule has 0 atom stereocenters. The number of rotatable bonds is 3. The summed E-state index contributed by atoms with van der Waals surface area (Å²) in [5.41, 5.74) is -2.81. The van der Waals surface area contributed by atoms with Gasteiger partial charge in [-0.15, -0.1) is 0 Å². The third-order valence-electron chi connectivity index (χ3n) is 3.43. The molecule has 1 aromatic heterocycles. The summed E-state index contributed by atoms with van der Waals surface area (Å²) in [4.78, 5) is 22.1. The van der Waals surface area contributed by atoms with Gasteiger partial charge in [0, 0.05) is 6.07 Å². The number of alkyl halides is 3. The number of nitro benzene ring substituents is 1. The molecular weight excluding hydrogens is 378 g/mol. The zero-order valence-electron chi connectivity index (χ0n) is 12.9. The molecule has 0 aliphatic rings. The van der Waals surface area contributed by atoms with Crippen LogP contribution in [0.4, 0.5) is 23.2 Å². The van der Waals surface area contributed by atoms with Crippen LogP contribution in [-0.2, 0) is 6.18 Å². The third-order valence-corrected chi connectivity index (χ3v) is 3.43. The van der Waals surface area contributed by atoms with Crippen molar-refractivity contribution in [3.63, 3.8) is 0 Å². The first kappa shape index (κ1) is 18.2. The minimum Gasteiger partial charge on any atom is -0.508 e. The van der Waals surface area contributed by atoms with Crippen molar-refractivity contribution in [1.82, 2.24) is 0 Å². The number of aromatic hydroxyl groups is 1. The molecule has 27 heavy (non-hydrogen) atoms. The van der Waals surface area contributed by atoms with E-state index in [4.69, 9.17) is 4.74 Å². The van der Waals surface area contributed by atoms with E-state index >= 15 is 0 Å². The van der Waals surface area contributed by atoms with Crippen molar-refractivity contribution in [2.24, 2.45) is 0 Å². The summed E-state index contributed by atoms with van der Waals surface area (Å²) in [7, 11) is 0. The van der Waals surface area contributed by atoms with Gasteiger partial charge < -0.3 is 14.3 Å². The van der Waals surface area contributed by atoms with E-state index in [0.717, 1.165) is 24.3 Å². The number of hydrogen-bond donors (Lipinski definition) is 1. The fourth-order valence-electron chi connectivity index (χ4n) is 2.26. The van der Waals surface area contributed by atoms with Gasteiger partial charge in [0.1, 0.15) is 17.1 Å². The second-order valence-electron chi connectivity index (χ2n) is 5.24. The molecule has 3 aromatic rings. The maximum atomic E-state index is 13.4. The van der Waals surface area contributed by atoms with E-state index < -0.39 is 56.6 Å².